The molecule has 0 bridgehead atoms. The van der Waals surface area contributed by atoms with Crippen molar-refractivity contribution in [2.45, 2.75) is 6.54 Å². The number of carbonyl (C=O) groups excluding carboxylic acids is 1. The van der Waals surface area contributed by atoms with E-state index in [9.17, 15) is 9.59 Å². The van der Waals surface area contributed by atoms with Crippen molar-refractivity contribution in [2.75, 3.05) is 5.32 Å². The Kier molecular flexibility index (Phi) is 4.73. The van der Waals surface area contributed by atoms with Gasteiger partial charge >= 0.3 is 12.0 Å². The summed E-state index contributed by atoms with van der Waals surface area (Å²) in [6, 6.07) is 14.4. The maximum atomic E-state index is 11.8. The molecule has 0 atom stereocenters. The number of nitriles is 1. The first kappa shape index (κ1) is 15.1. The summed E-state index contributed by atoms with van der Waals surface area (Å²) < 4.78 is 0. The number of amides is 2. The van der Waals surface area contributed by atoms with Crippen molar-refractivity contribution in [3.8, 4) is 6.07 Å². The molecule has 0 aliphatic heterocycles. The van der Waals surface area contributed by atoms with Crippen LogP contribution in [0.15, 0.2) is 48.5 Å². The molecule has 0 aliphatic rings. The van der Waals surface area contributed by atoms with Gasteiger partial charge in [0, 0.05) is 12.2 Å². The molecule has 0 unspecified atom stereocenters. The van der Waals surface area contributed by atoms with Gasteiger partial charge in [0.25, 0.3) is 0 Å². The number of hydrogen-bond donors (Lipinski definition) is 3. The SMILES string of the molecule is N#Cc1ccc(NC(=O)NCc2cccc(C(=O)O)c2)cc1. The maximum Gasteiger partial charge on any atom is 0.335 e. The van der Waals surface area contributed by atoms with E-state index < -0.39 is 12.0 Å². The number of nitrogens with one attached hydrogen (secondary N) is 2. The lowest BCUT2D eigenvalue weighted by molar-refractivity contribution is 0.0696. The van der Waals surface area contributed by atoms with Crippen molar-refractivity contribution < 1.29 is 14.7 Å². The van der Waals surface area contributed by atoms with Crippen LogP contribution in [0.5, 0.6) is 0 Å². The zero-order valence-electron chi connectivity index (χ0n) is 11.5. The monoisotopic (exact) mass is 295 g/mol. The first-order valence-corrected chi connectivity index (χ1v) is 6.46. The van der Waals surface area contributed by atoms with E-state index in [2.05, 4.69) is 10.6 Å². The molecule has 110 valence electrons. The quantitative estimate of drug-likeness (QED) is 0.806. The van der Waals surface area contributed by atoms with Gasteiger partial charge in [-0.1, -0.05) is 12.1 Å². The molecule has 2 amide bonds. The summed E-state index contributed by atoms with van der Waals surface area (Å²) in [4.78, 5) is 22.6. The summed E-state index contributed by atoms with van der Waals surface area (Å²) in [7, 11) is 0. The van der Waals surface area contributed by atoms with Crippen molar-refractivity contribution in [3.63, 3.8) is 0 Å². The van der Waals surface area contributed by atoms with Crippen LogP contribution >= 0.6 is 0 Å². The Morgan fingerprint density at radius 1 is 1.14 bits per heavy atom. The van der Waals surface area contributed by atoms with Gasteiger partial charge in [-0.15, -0.1) is 0 Å². The van der Waals surface area contributed by atoms with E-state index in [1.54, 1.807) is 36.4 Å². The number of anilines is 1. The Hall–Kier alpha value is -3.33. The molecule has 22 heavy (non-hydrogen) atoms. The van der Waals surface area contributed by atoms with Crippen LogP contribution < -0.4 is 10.6 Å². The van der Waals surface area contributed by atoms with E-state index in [1.807, 2.05) is 6.07 Å². The highest BCUT2D eigenvalue weighted by Crippen LogP contribution is 2.09. The summed E-state index contributed by atoms with van der Waals surface area (Å²) in [6.45, 7) is 0.212. The minimum Gasteiger partial charge on any atom is -0.478 e. The fourth-order valence-electron chi connectivity index (χ4n) is 1.80. The van der Waals surface area contributed by atoms with Crippen LogP contribution in [0.25, 0.3) is 0 Å². The number of benzene rings is 2. The second-order valence-electron chi connectivity index (χ2n) is 4.50. The first-order chi connectivity index (χ1) is 10.6. The van der Waals surface area contributed by atoms with Gasteiger partial charge < -0.3 is 15.7 Å². The van der Waals surface area contributed by atoms with Gasteiger partial charge in [-0.25, -0.2) is 9.59 Å². The van der Waals surface area contributed by atoms with Crippen molar-refractivity contribution in [1.82, 2.24) is 5.32 Å². The highest BCUT2D eigenvalue weighted by Gasteiger charge is 2.05. The molecule has 2 aromatic carbocycles. The molecule has 6 heteroatoms. The van der Waals surface area contributed by atoms with E-state index in [1.165, 1.54) is 12.1 Å². The van der Waals surface area contributed by atoms with Crippen LogP contribution in [-0.2, 0) is 6.54 Å². The number of hydrogen-bond acceptors (Lipinski definition) is 3. The van der Waals surface area contributed by atoms with Gasteiger partial charge in [0.05, 0.1) is 17.2 Å². The van der Waals surface area contributed by atoms with Crippen LogP contribution in [0.1, 0.15) is 21.5 Å². The van der Waals surface area contributed by atoms with Crippen LogP contribution in [0.2, 0.25) is 0 Å². The van der Waals surface area contributed by atoms with Crippen LogP contribution in [0.4, 0.5) is 10.5 Å². The Morgan fingerprint density at radius 3 is 2.50 bits per heavy atom. The standard InChI is InChI=1S/C16H13N3O3/c17-9-11-4-6-14(7-5-11)19-16(22)18-10-12-2-1-3-13(8-12)15(20)21/h1-8H,10H2,(H,20,21)(H2,18,19,22). The number of carbonyl (C=O) groups is 2. The fourth-order valence-corrected chi connectivity index (χ4v) is 1.80. The minimum absolute atomic E-state index is 0.173. The van der Waals surface area contributed by atoms with E-state index in [4.69, 9.17) is 10.4 Å². The average molecular weight is 295 g/mol. The van der Waals surface area contributed by atoms with Crippen LogP contribution in [0.3, 0.4) is 0 Å². The number of carboxylic acid groups (broad SMARTS) is 1. The molecule has 2 aromatic rings. The average Bonchev–Trinajstić information content (AvgIpc) is 2.54. The third kappa shape index (κ3) is 4.08. The zero-order chi connectivity index (χ0) is 15.9. The zero-order valence-corrected chi connectivity index (χ0v) is 11.5. The Bertz CT molecular complexity index is 733. The highest BCUT2D eigenvalue weighted by atomic mass is 16.4. The molecular formula is C16H13N3O3. The van der Waals surface area contributed by atoms with Crippen LogP contribution in [0, 0.1) is 11.3 Å². The molecule has 0 radical (unpaired) electrons. The molecule has 2 rings (SSSR count). The molecule has 0 aliphatic carbocycles. The smallest absolute Gasteiger partial charge is 0.335 e. The van der Waals surface area contributed by atoms with E-state index in [0.29, 0.717) is 16.8 Å². The highest BCUT2D eigenvalue weighted by molar-refractivity contribution is 5.89. The topological polar surface area (TPSA) is 102 Å². The Morgan fingerprint density at radius 2 is 1.86 bits per heavy atom. The molecular weight excluding hydrogens is 282 g/mol. The molecule has 0 saturated heterocycles. The second kappa shape index (κ2) is 6.90. The Balaban J connectivity index is 1.91. The molecule has 6 nitrogen and oxygen atoms in total. The van der Waals surface area contributed by atoms with E-state index in [-0.39, 0.29) is 12.1 Å². The van der Waals surface area contributed by atoms with Gasteiger partial charge in [0.15, 0.2) is 0 Å². The molecule has 0 fully saturated rings. The summed E-state index contributed by atoms with van der Waals surface area (Å²) in [5.41, 5.74) is 1.94. The second-order valence-corrected chi connectivity index (χ2v) is 4.50. The first-order valence-electron chi connectivity index (χ1n) is 6.46. The van der Waals surface area contributed by atoms with Gasteiger partial charge in [-0.05, 0) is 42.0 Å². The van der Waals surface area contributed by atoms with Gasteiger partial charge in [0.1, 0.15) is 0 Å². The third-order valence-electron chi connectivity index (χ3n) is 2.90. The summed E-state index contributed by atoms with van der Waals surface area (Å²) in [5, 5.41) is 22.9. The number of urea groups is 1. The molecule has 0 spiro atoms. The summed E-state index contributed by atoms with van der Waals surface area (Å²) in [6.07, 6.45) is 0. The molecule has 0 aromatic heterocycles. The normalized spacial score (nSPS) is 9.59. The summed E-state index contributed by atoms with van der Waals surface area (Å²) in [5.74, 6) is -1.01. The van der Waals surface area contributed by atoms with Crippen LogP contribution in [-0.4, -0.2) is 17.1 Å². The maximum absolute atomic E-state index is 11.8. The van der Waals surface area contributed by atoms with Crippen molar-refractivity contribution in [1.29, 1.82) is 5.26 Å². The lowest BCUT2D eigenvalue weighted by Gasteiger charge is -2.08. The largest absolute Gasteiger partial charge is 0.478 e. The van der Waals surface area contributed by atoms with Crippen molar-refractivity contribution >= 4 is 17.7 Å². The minimum atomic E-state index is -1.01. The van der Waals surface area contributed by atoms with E-state index in [0.717, 1.165) is 0 Å². The fraction of sp³-hybridized carbons (Fsp3) is 0.0625. The Labute approximate surface area is 127 Å². The predicted octanol–water partition coefficient (Wildman–Crippen LogP) is 2.58. The lowest BCUT2D eigenvalue weighted by atomic mass is 10.1. The van der Waals surface area contributed by atoms with E-state index >= 15 is 0 Å². The van der Waals surface area contributed by atoms with Crippen molar-refractivity contribution in [2.24, 2.45) is 0 Å². The third-order valence-corrected chi connectivity index (χ3v) is 2.90. The molecule has 0 heterocycles. The van der Waals surface area contributed by atoms with Gasteiger partial charge in [-0.2, -0.15) is 5.26 Å². The predicted molar refractivity (Wildman–Crippen MR) is 80.4 cm³/mol. The summed E-state index contributed by atoms with van der Waals surface area (Å²) >= 11 is 0. The molecule has 0 saturated carbocycles. The van der Waals surface area contributed by atoms with Gasteiger partial charge in [0.2, 0.25) is 0 Å². The number of nitrogens with zero attached hydrogens (tertiary/aromatic N) is 1. The number of rotatable bonds is 4. The lowest BCUT2D eigenvalue weighted by Crippen LogP contribution is -2.28. The number of carboxylic acids is 1. The number of aromatic carboxylic acids is 1. The van der Waals surface area contributed by atoms with Crippen molar-refractivity contribution in [3.05, 3.63) is 65.2 Å². The van der Waals surface area contributed by atoms with Gasteiger partial charge in [-0.3, -0.25) is 0 Å². The molecule has 3 N–H and O–H groups in total.